The molecule has 3 fully saturated rings. The Labute approximate surface area is 119 Å². The zero-order valence-electron chi connectivity index (χ0n) is 11.9. The first-order valence-electron chi connectivity index (χ1n) is 7.90. The highest BCUT2D eigenvalue weighted by Crippen LogP contribution is 2.31. The molecule has 0 aromatic heterocycles. The largest absolute Gasteiger partial charge is 0.481 e. The van der Waals surface area contributed by atoms with Crippen LogP contribution in [0.15, 0.2) is 0 Å². The number of aliphatic carboxylic acids is 1. The predicted molar refractivity (Wildman–Crippen MR) is 74.2 cm³/mol. The first-order chi connectivity index (χ1) is 9.63. The molecule has 5 nitrogen and oxygen atoms in total. The van der Waals surface area contributed by atoms with Gasteiger partial charge in [-0.25, -0.2) is 0 Å². The Kier molecular flexibility index (Phi) is 3.96. The molecule has 2 saturated carbocycles. The van der Waals surface area contributed by atoms with Crippen molar-refractivity contribution in [3.63, 3.8) is 0 Å². The molecule has 0 aromatic carbocycles. The van der Waals surface area contributed by atoms with E-state index in [1.807, 2.05) is 0 Å². The Hall–Kier alpha value is -1.10. The molecule has 0 aromatic rings. The number of hydrogen-bond donors (Lipinski definition) is 2. The molecule has 0 radical (unpaired) electrons. The minimum absolute atomic E-state index is 0.0820. The average molecular weight is 280 g/mol. The molecule has 1 saturated heterocycles. The maximum Gasteiger partial charge on any atom is 0.306 e. The molecule has 2 aliphatic carbocycles. The van der Waals surface area contributed by atoms with Gasteiger partial charge in [-0.15, -0.1) is 0 Å². The van der Waals surface area contributed by atoms with Crippen molar-refractivity contribution in [3.05, 3.63) is 0 Å². The number of likely N-dealkylation sites (tertiary alicyclic amines) is 1. The summed E-state index contributed by atoms with van der Waals surface area (Å²) < 4.78 is 0. The van der Waals surface area contributed by atoms with Crippen LogP contribution in [0, 0.1) is 11.8 Å². The van der Waals surface area contributed by atoms with Crippen LogP contribution in [0.3, 0.4) is 0 Å². The molecule has 0 bridgehead atoms. The molecule has 3 unspecified atom stereocenters. The van der Waals surface area contributed by atoms with Crippen molar-refractivity contribution in [2.24, 2.45) is 11.8 Å². The monoisotopic (exact) mass is 280 g/mol. The van der Waals surface area contributed by atoms with Gasteiger partial charge in [-0.05, 0) is 38.5 Å². The van der Waals surface area contributed by atoms with Crippen LogP contribution in [0.25, 0.3) is 0 Å². The highest BCUT2D eigenvalue weighted by Gasteiger charge is 2.36. The Morgan fingerprint density at radius 3 is 2.50 bits per heavy atom. The number of carbonyl (C=O) groups excluding carboxylic acids is 1. The number of carboxylic acid groups (broad SMARTS) is 1. The molecular weight excluding hydrogens is 256 g/mol. The summed E-state index contributed by atoms with van der Waals surface area (Å²) >= 11 is 0. The zero-order chi connectivity index (χ0) is 14.1. The number of nitrogens with one attached hydrogen (secondary N) is 1. The fraction of sp³-hybridized carbons (Fsp3) is 0.867. The van der Waals surface area contributed by atoms with Gasteiger partial charge in [0, 0.05) is 31.1 Å². The Bertz CT molecular complexity index is 395. The van der Waals surface area contributed by atoms with Gasteiger partial charge in [0.2, 0.25) is 5.91 Å². The molecule has 0 spiro atoms. The van der Waals surface area contributed by atoms with Gasteiger partial charge in [-0.3, -0.25) is 14.5 Å². The van der Waals surface area contributed by atoms with Gasteiger partial charge in [0.05, 0.1) is 5.92 Å². The van der Waals surface area contributed by atoms with Crippen LogP contribution in [-0.2, 0) is 9.59 Å². The van der Waals surface area contributed by atoms with Crippen molar-refractivity contribution in [2.75, 3.05) is 13.1 Å². The number of rotatable bonds is 4. The summed E-state index contributed by atoms with van der Waals surface area (Å²) in [6.07, 6.45) is 6.59. The number of hydrogen-bond acceptors (Lipinski definition) is 3. The van der Waals surface area contributed by atoms with Crippen LogP contribution >= 0.6 is 0 Å². The Balaban J connectivity index is 1.47. The SMILES string of the molecule is O=C(O)C1CCCC(C(=O)NC2CCN(C3CC3)C2)C1. The van der Waals surface area contributed by atoms with Crippen LogP contribution in [-0.4, -0.2) is 47.1 Å². The molecule has 20 heavy (non-hydrogen) atoms. The maximum atomic E-state index is 12.3. The van der Waals surface area contributed by atoms with Gasteiger partial charge >= 0.3 is 5.97 Å². The molecule has 5 heteroatoms. The second-order valence-electron chi connectivity index (χ2n) is 6.62. The van der Waals surface area contributed by atoms with E-state index in [1.54, 1.807) is 0 Å². The fourth-order valence-electron chi connectivity index (χ4n) is 3.65. The number of carbonyl (C=O) groups is 2. The van der Waals surface area contributed by atoms with Crippen LogP contribution in [0.4, 0.5) is 0 Å². The van der Waals surface area contributed by atoms with E-state index in [0.29, 0.717) is 6.42 Å². The summed E-state index contributed by atoms with van der Waals surface area (Å²) in [5.74, 6) is -1.09. The Morgan fingerprint density at radius 1 is 1.05 bits per heavy atom. The summed E-state index contributed by atoms with van der Waals surface area (Å²) in [6.45, 7) is 2.07. The summed E-state index contributed by atoms with van der Waals surface area (Å²) in [4.78, 5) is 25.8. The summed E-state index contributed by atoms with van der Waals surface area (Å²) in [6, 6.07) is 1.04. The standard InChI is InChI=1S/C15H24N2O3/c18-14(10-2-1-3-11(8-10)15(19)20)16-12-6-7-17(9-12)13-4-5-13/h10-13H,1-9H2,(H,16,18)(H,19,20). The van der Waals surface area contributed by atoms with Crippen LogP contribution in [0.5, 0.6) is 0 Å². The molecule has 3 aliphatic rings. The third-order valence-electron chi connectivity index (χ3n) is 5.02. The van der Waals surface area contributed by atoms with E-state index in [-0.39, 0.29) is 23.8 Å². The molecule has 3 rings (SSSR count). The zero-order valence-corrected chi connectivity index (χ0v) is 11.9. The van der Waals surface area contributed by atoms with Crippen molar-refractivity contribution >= 4 is 11.9 Å². The lowest BCUT2D eigenvalue weighted by Gasteiger charge is -2.27. The van der Waals surface area contributed by atoms with Crippen LogP contribution < -0.4 is 5.32 Å². The first kappa shape index (κ1) is 13.9. The smallest absolute Gasteiger partial charge is 0.306 e. The van der Waals surface area contributed by atoms with Gasteiger partial charge in [0.1, 0.15) is 0 Å². The van der Waals surface area contributed by atoms with E-state index in [9.17, 15) is 9.59 Å². The topological polar surface area (TPSA) is 69.6 Å². The van der Waals surface area contributed by atoms with Gasteiger partial charge in [-0.1, -0.05) is 6.42 Å². The van der Waals surface area contributed by atoms with E-state index >= 15 is 0 Å². The van der Waals surface area contributed by atoms with Crippen molar-refractivity contribution < 1.29 is 14.7 Å². The second kappa shape index (κ2) is 5.72. The molecule has 1 amide bonds. The van der Waals surface area contributed by atoms with Crippen LogP contribution in [0.2, 0.25) is 0 Å². The Morgan fingerprint density at radius 2 is 1.80 bits per heavy atom. The first-order valence-corrected chi connectivity index (χ1v) is 7.90. The maximum absolute atomic E-state index is 12.3. The minimum Gasteiger partial charge on any atom is -0.481 e. The third kappa shape index (κ3) is 3.14. The van der Waals surface area contributed by atoms with Gasteiger partial charge in [0.15, 0.2) is 0 Å². The molecule has 112 valence electrons. The third-order valence-corrected chi connectivity index (χ3v) is 5.02. The minimum atomic E-state index is -0.747. The summed E-state index contributed by atoms with van der Waals surface area (Å²) in [7, 11) is 0. The van der Waals surface area contributed by atoms with E-state index in [0.717, 1.165) is 44.8 Å². The number of nitrogens with zero attached hydrogens (tertiary/aromatic N) is 1. The van der Waals surface area contributed by atoms with Gasteiger partial charge in [0.25, 0.3) is 0 Å². The summed E-state index contributed by atoms with van der Waals surface area (Å²) in [5, 5.41) is 12.2. The molecular formula is C15H24N2O3. The normalized spacial score (nSPS) is 34.9. The van der Waals surface area contributed by atoms with E-state index in [2.05, 4.69) is 10.2 Å². The second-order valence-corrected chi connectivity index (χ2v) is 6.62. The van der Waals surface area contributed by atoms with Crippen LogP contribution in [0.1, 0.15) is 44.9 Å². The van der Waals surface area contributed by atoms with Crippen molar-refractivity contribution in [1.82, 2.24) is 10.2 Å². The molecule has 1 heterocycles. The number of amides is 1. The van der Waals surface area contributed by atoms with E-state index in [1.165, 1.54) is 12.8 Å². The highest BCUT2D eigenvalue weighted by molar-refractivity contribution is 5.80. The lowest BCUT2D eigenvalue weighted by atomic mass is 9.81. The van der Waals surface area contributed by atoms with Crippen molar-refractivity contribution in [3.8, 4) is 0 Å². The van der Waals surface area contributed by atoms with Gasteiger partial charge < -0.3 is 10.4 Å². The number of carboxylic acids is 1. The quantitative estimate of drug-likeness (QED) is 0.812. The molecule has 3 atom stereocenters. The van der Waals surface area contributed by atoms with E-state index in [4.69, 9.17) is 5.11 Å². The lowest BCUT2D eigenvalue weighted by molar-refractivity contribution is -0.144. The molecule has 1 aliphatic heterocycles. The predicted octanol–water partition coefficient (Wildman–Crippen LogP) is 1.23. The van der Waals surface area contributed by atoms with E-state index < -0.39 is 5.97 Å². The van der Waals surface area contributed by atoms with Gasteiger partial charge in [-0.2, -0.15) is 0 Å². The van der Waals surface area contributed by atoms with Crippen molar-refractivity contribution in [1.29, 1.82) is 0 Å². The molecule has 2 N–H and O–H groups in total. The highest BCUT2D eigenvalue weighted by atomic mass is 16.4. The lowest BCUT2D eigenvalue weighted by Crippen LogP contribution is -2.42. The van der Waals surface area contributed by atoms with Crippen molar-refractivity contribution in [2.45, 2.75) is 57.0 Å². The summed E-state index contributed by atoms with van der Waals surface area (Å²) in [5.41, 5.74) is 0. The fourth-order valence-corrected chi connectivity index (χ4v) is 3.65. The average Bonchev–Trinajstić information content (AvgIpc) is 3.20.